The molecule has 0 spiro atoms. The van der Waals surface area contributed by atoms with E-state index in [1.807, 2.05) is 12.1 Å². The summed E-state index contributed by atoms with van der Waals surface area (Å²) in [5.41, 5.74) is 1.48. The highest BCUT2D eigenvalue weighted by Gasteiger charge is 2.09. The fourth-order valence-electron chi connectivity index (χ4n) is 2.20. The van der Waals surface area contributed by atoms with E-state index < -0.39 is 0 Å². The molecule has 0 saturated heterocycles. The molecule has 0 aliphatic rings. The highest BCUT2D eigenvalue weighted by molar-refractivity contribution is 6.38. The van der Waals surface area contributed by atoms with Crippen molar-refractivity contribution >= 4 is 34.1 Å². The topological polar surface area (TPSA) is 17.0 Å². The average Bonchev–Trinajstić information content (AvgIpc) is 2.70. The second kappa shape index (κ2) is 6.38. The number of rotatable bonds is 5. The lowest BCUT2D eigenvalue weighted by atomic mass is 9.92. The predicted octanol–water partition coefficient (Wildman–Crippen LogP) is 4.97. The van der Waals surface area contributed by atoms with Crippen molar-refractivity contribution in [3.8, 4) is 0 Å². The average molecular weight is 313 g/mol. The van der Waals surface area contributed by atoms with Crippen LogP contribution in [0.5, 0.6) is 0 Å². The van der Waals surface area contributed by atoms with Gasteiger partial charge in [0.25, 0.3) is 0 Å². The van der Waals surface area contributed by atoms with Gasteiger partial charge in [-0.05, 0) is 36.6 Å². The summed E-state index contributed by atoms with van der Waals surface area (Å²) in [6.45, 7) is 9.70. The van der Waals surface area contributed by atoms with Crippen molar-refractivity contribution in [1.29, 1.82) is 0 Å². The molecule has 1 heterocycles. The summed E-state index contributed by atoms with van der Waals surface area (Å²) >= 11 is 12.3. The zero-order valence-corrected chi connectivity index (χ0v) is 13.9. The summed E-state index contributed by atoms with van der Waals surface area (Å²) in [5, 5.41) is 5.95. The molecule has 0 unspecified atom stereocenters. The van der Waals surface area contributed by atoms with Crippen LogP contribution in [0.15, 0.2) is 24.4 Å². The third-order valence-corrected chi connectivity index (χ3v) is 3.92. The maximum Gasteiger partial charge on any atom is 0.0514 e. The Bertz CT molecular complexity index is 582. The van der Waals surface area contributed by atoms with Gasteiger partial charge in [0.15, 0.2) is 0 Å². The Morgan fingerprint density at radius 1 is 1.15 bits per heavy atom. The molecule has 110 valence electrons. The van der Waals surface area contributed by atoms with Crippen LogP contribution in [-0.2, 0) is 6.54 Å². The molecule has 4 heteroatoms. The van der Waals surface area contributed by atoms with E-state index in [2.05, 4.69) is 36.9 Å². The standard InChI is InChI=1S/C16H22Cl2N2/c1-16(2,3)5-6-19-7-9-20-8-4-13-14(18)10-12(17)11-15(13)20/h4,8,10-11,19H,5-7,9H2,1-3H3. The SMILES string of the molecule is CC(C)(C)CCNCCn1ccc2c(Cl)cc(Cl)cc21. The van der Waals surface area contributed by atoms with Gasteiger partial charge in [-0.15, -0.1) is 0 Å². The minimum Gasteiger partial charge on any atom is -0.346 e. The van der Waals surface area contributed by atoms with Gasteiger partial charge in [-0.2, -0.15) is 0 Å². The van der Waals surface area contributed by atoms with Gasteiger partial charge in [-0.1, -0.05) is 44.0 Å². The molecule has 2 rings (SSSR count). The lowest BCUT2D eigenvalue weighted by molar-refractivity contribution is 0.365. The molecule has 0 aliphatic heterocycles. The number of hydrogen-bond donors (Lipinski definition) is 1. The van der Waals surface area contributed by atoms with Gasteiger partial charge in [-0.25, -0.2) is 0 Å². The van der Waals surface area contributed by atoms with Crippen LogP contribution < -0.4 is 5.32 Å². The number of hydrogen-bond acceptors (Lipinski definition) is 1. The quantitative estimate of drug-likeness (QED) is 0.771. The van der Waals surface area contributed by atoms with E-state index in [1.54, 1.807) is 6.07 Å². The first kappa shape index (κ1) is 15.7. The normalized spacial score (nSPS) is 12.2. The van der Waals surface area contributed by atoms with Crippen molar-refractivity contribution < 1.29 is 0 Å². The van der Waals surface area contributed by atoms with Crippen molar-refractivity contribution in [2.45, 2.75) is 33.7 Å². The second-order valence-electron chi connectivity index (χ2n) is 6.39. The Hall–Kier alpha value is -0.700. The Morgan fingerprint density at radius 2 is 1.90 bits per heavy atom. The van der Waals surface area contributed by atoms with Gasteiger partial charge in [0.2, 0.25) is 0 Å². The molecule has 0 atom stereocenters. The van der Waals surface area contributed by atoms with E-state index >= 15 is 0 Å². The van der Waals surface area contributed by atoms with Crippen molar-refractivity contribution in [3.05, 3.63) is 34.4 Å². The van der Waals surface area contributed by atoms with Crippen LogP contribution in [0.25, 0.3) is 10.9 Å². The Kier molecular flexibility index (Phi) is 5.00. The van der Waals surface area contributed by atoms with Crippen LogP contribution >= 0.6 is 23.2 Å². The molecule has 0 saturated carbocycles. The predicted molar refractivity (Wildman–Crippen MR) is 88.9 cm³/mol. The Balaban J connectivity index is 1.94. The first-order valence-corrected chi connectivity index (χ1v) is 7.77. The van der Waals surface area contributed by atoms with E-state index in [9.17, 15) is 0 Å². The maximum absolute atomic E-state index is 6.20. The first-order chi connectivity index (χ1) is 9.37. The third-order valence-electron chi connectivity index (χ3n) is 3.38. The molecular formula is C16H22Cl2N2. The number of nitrogens with one attached hydrogen (secondary N) is 1. The van der Waals surface area contributed by atoms with E-state index in [0.717, 1.165) is 30.5 Å². The van der Waals surface area contributed by atoms with Crippen molar-refractivity contribution in [2.75, 3.05) is 13.1 Å². The van der Waals surface area contributed by atoms with E-state index in [-0.39, 0.29) is 0 Å². The van der Waals surface area contributed by atoms with Crippen LogP contribution in [0.3, 0.4) is 0 Å². The summed E-state index contributed by atoms with van der Waals surface area (Å²) in [5.74, 6) is 0. The number of aromatic nitrogens is 1. The molecule has 1 aromatic heterocycles. The Labute approximate surface area is 131 Å². The molecular weight excluding hydrogens is 291 g/mol. The van der Waals surface area contributed by atoms with Crippen molar-refractivity contribution in [1.82, 2.24) is 9.88 Å². The van der Waals surface area contributed by atoms with Crippen molar-refractivity contribution in [3.63, 3.8) is 0 Å². The number of halogens is 2. The van der Waals surface area contributed by atoms with E-state index in [0.29, 0.717) is 15.5 Å². The summed E-state index contributed by atoms with van der Waals surface area (Å²) < 4.78 is 2.19. The summed E-state index contributed by atoms with van der Waals surface area (Å²) in [7, 11) is 0. The summed E-state index contributed by atoms with van der Waals surface area (Å²) in [6.07, 6.45) is 3.25. The molecule has 20 heavy (non-hydrogen) atoms. The van der Waals surface area contributed by atoms with Crippen LogP contribution in [0.1, 0.15) is 27.2 Å². The number of nitrogens with zero attached hydrogens (tertiary/aromatic N) is 1. The molecule has 2 nitrogen and oxygen atoms in total. The fourth-order valence-corrected chi connectivity index (χ4v) is 2.75. The molecule has 1 N–H and O–H groups in total. The van der Waals surface area contributed by atoms with Gasteiger partial charge in [0.05, 0.1) is 10.5 Å². The zero-order valence-electron chi connectivity index (χ0n) is 12.3. The van der Waals surface area contributed by atoms with Crippen LogP contribution in [0.2, 0.25) is 10.0 Å². The van der Waals surface area contributed by atoms with E-state index in [1.165, 1.54) is 6.42 Å². The van der Waals surface area contributed by atoms with Gasteiger partial charge in [0.1, 0.15) is 0 Å². The Morgan fingerprint density at radius 3 is 2.60 bits per heavy atom. The first-order valence-electron chi connectivity index (χ1n) is 7.01. The van der Waals surface area contributed by atoms with Gasteiger partial charge in [-0.3, -0.25) is 0 Å². The van der Waals surface area contributed by atoms with Crippen LogP contribution in [0, 0.1) is 5.41 Å². The molecule has 0 radical (unpaired) electrons. The molecule has 1 aromatic carbocycles. The molecule has 0 fully saturated rings. The lowest BCUT2D eigenvalue weighted by Crippen LogP contribution is -2.24. The summed E-state index contributed by atoms with van der Waals surface area (Å²) in [4.78, 5) is 0. The van der Waals surface area contributed by atoms with Gasteiger partial charge < -0.3 is 9.88 Å². The van der Waals surface area contributed by atoms with Gasteiger partial charge >= 0.3 is 0 Å². The summed E-state index contributed by atoms with van der Waals surface area (Å²) in [6, 6.07) is 5.80. The fraction of sp³-hybridized carbons (Fsp3) is 0.500. The maximum atomic E-state index is 6.20. The highest BCUT2D eigenvalue weighted by Crippen LogP contribution is 2.28. The minimum absolute atomic E-state index is 0.383. The molecule has 2 aromatic rings. The number of benzene rings is 1. The van der Waals surface area contributed by atoms with Crippen molar-refractivity contribution in [2.24, 2.45) is 5.41 Å². The highest BCUT2D eigenvalue weighted by atomic mass is 35.5. The van der Waals surface area contributed by atoms with E-state index in [4.69, 9.17) is 23.2 Å². The lowest BCUT2D eigenvalue weighted by Gasteiger charge is -2.18. The third kappa shape index (κ3) is 4.15. The van der Waals surface area contributed by atoms with Gasteiger partial charge in [0, 0.05) is 29.7 Å². The molecule has 0 aliphatic carbocycles. The van der Waals surface area contributed by atoms with Crippen LogP contribution in [-0.4, -0.2) is 17.7 Å². The zero-order chi connectivity index (χ0) is 14.8. The largest absolute Gasteiger partial charge is 0.346 e. The minimum atomic E-state index is 0.383. The monoisotopic (exact) mass is 312 g/mol. The number of fused-ring (bicyclic) bond motifs is 1. The molecule has 0 bridgehead atoms. The smallest absolute Gasteiger partial charge is 0.0514 e. The second-order valence-corrected chi connectivity index (χ2v) is 7.23. The van der Waals surface area contributed by atoms with Crippen LogP contribution in [0.4, 0.5) is 0 Å². The molecule has 0 amide bonds.